The van der Waals surface area contributed by atoms with Crippen molar-refractivity contribution >= 4 is 5.71 Å². The van der Waals surface area contributed by atoms with E-state index >= 15 is 0 Å². The Morgan fingerprint density at radius 1 is 1.45 bits per heavy atom. The molecule has 64 valence electrons. The first-order valence-corrected chi connectivity index (χ1v) is 3.95. The van der Waals surface area contributed by atoms with Crippen LogP contribution in [0.2, 0.25) is 0 Å². The maximum absolute atomic E-state index is 9.22. The summed E-state index contributed by atoms with van der Waals surface area (Å²) in [6.45, 7) is 7.42. The van der Waals surface area contributed by atoms with Gasteiger partial charge in [-0.25, -0.2) is 0 Å². The largest absolute Gasteiger partial charge is 0.512 e. The van der Waals surface area contributed by atoms with Crippen LogP contribution in [0.1, 0.15) is 34.1 Å². The molecular weight excluding hydrogens is 138 g/mol. The summed E-state index contributed by atoms with van der Waals surface area (Å²) >= 11 is 0. The Morgan fingerprint density at radius 3 is 2.00 bits per heavy atom. The quantitative estimate of drug-likeness (QED) is 0.477. The third kappa shape index (κ3) is 2.74. The van der Waals surface area contributed by atoms with Gasteiger partial charge in [0.1, 0.15) is 0 Å². The van der Waals surface area contributed by atoms with Crippen molar-refractivity contribution in [2.24, 2.45) is 5.92 Å². The minimum absolute atomic E-state index is 0.284. The number of aliphatic hydroxyl groups excluding tert-OH is 1. The van der Waals surface area contributed by atoms with Crippen LogP contribution in [0.4, 0.5) is 0 Å². The van der Waals surface area contributed by atoms with Crippen molar-refractivity contribution in [3.05, 3.63) is 11.3 Å². The van der Waals surface area contributed by atoms with Gasteiger partial charge in [0.05, 0.1) is 5.76 Å². The highest BCUT2D eigenvalue weighted by Crippen LogP contribution is 2.17. The van der Waals surface area contributed by atoms with Gasteiger partial charge in [0, 0.05) is 11.3 Å². The van der Waals surface area contributed by atoms with Gasteiger partial charge in [-0.15, -0.1) is 0 Å². The summed E-state index contributed by atoms with van der Waals surface area (Å²) in [6, 6.07) is 0. The molecule has 0 bridgehead atoms. The second-order valence-corrected chi connectivity index (χ2v) is 2.93. The lowest BCUT2D eigenvalue weighted by molar-refractivity contribution is 0.400. The second kappa shape index (κ2) is 4.16. The monoisotopic (exact) mass is 155 g/mol. The summed E-state index contributed by atoms with van der Waals surface area (Å²) in [6.07, 6.45) is 0.962. The molecule has 0 heterocycles. The lowest BCUT2D eigenvalue weighted by Gasteiger charge is -2.13. The summed E-state index contributed by atoms with van der Waals surface area (Å²) in [4.78, 5) is 0. The fraction of sp³-hybridized carbons (Fsp3) is 0.667. The van der Waals surface area contributed by atoms with Crippen molar-refractivity contribution in [3.8, 4) is 0 Å². The van der Waals surface area contributed by atoms with E-state index in [1.165, 1.54) is 0 Å². The maximum atomic E-state index is 9.22. The van der Waals surface area contributed by atoms with Gasteiger partial charge in [0.15, 0.2) is 0 Å². The average Bonchev–Trinajstić information content (AvgIpc) is 1.85. The minimum atomic E-state index is 0.284. The first kappa shape index (κ1) is 10.2. The molecule has 0 fully saturated rings. The van der Waals surface area contributed by atoms with E-state index in [0.29, 0.717) is 5.71 Å². The van der Waals surface area contributed by atoms with Crippen molar-refractivity contribution in [2.75, 3.05) is 0 Å². The highest BCUT2D eigenvalue weighted by molar-refractivity contribution is 5.96. The normalized spacial score (nSPS) is 15.6. The van der Waals surface area contributed by atoms with Crippen LogP contribution < -0.4 is 0 Å². The first-order valence-electron chi connectivity index (χ1n) is 3.95. The highest BCUT2D eigenvalue weighted by atomic mass is 16.3. The van der Waals surface area contributed by atoms with Crippen LogP contribution in [0.25, 0.3) is 0 Å². The molecule has 1 atom stereocenters. The molecule has 0 aliphatic carbocycles. The van der Waals surface area contributed by atoms with Crippen molar-refractivity contribution in [1.29, 1.82) is 5.41 Å². The molecule has 0 spiro atoms. The molecule has 11 heavy (non-hydrogen) atoms. The summed E-state index contributed by atoms with van der Waals surface area (Å²) in [7, 11) is 0. The molecule has 0 radical (unpaired) electrons. The molecule has 2 N–H and O–H groups in total. The smallest absolute Gasteiger partial charge is 0.0944 e. The van der Waals surface area contributed by atoms with Crippen molar-refractivity contribution in [1.82, 2.24) is 0 Å². The zero-order valence-corrected chi connectivity index (χ0v) is 7.73. The van der Waals surface area contributed by atoms with Gasteiger partial charge >= 0.3 is 0 Å². The SMILES string of the molecule is CCC(C)/C(C(C)=N)=C(\C)O. The molecule has 0 saturated carbocycles. The zero-order valence-electron chi connectivity index (χ0n) is 7.73. The number of aliphatic hydroxyl groups is 1. The number of rotatable bonds is 3. The van der Waals surface area contributed by atoms with Crippen LogP contribution in [0.15, 0.2) is 11.3 Å². The van der Waals surface area contributed by atoms with Crippen molar-refractivity contribution in [2.45, 2.75) is 34.1 Å². The Labute approximate surface area is 68.4 Å². The van der Waals surface area contributed by atoms with Gasteiger partial charge in [-0.3, -0.25) is 0 Å². The van der Waals surface area contributed by atoms with Gasteiger partial charge in [-0.1, -0.05) is 13.8 Å². The molecule has 0 aromatic rings. The summed E-state index contributed by atoms with van der Waals surface area (Å²) in [5.41, 5.74) is 1.26. The zero-order chi connectivity index (χ0) is 9.02. The average molecular weight is 155 g/mol. The molecular formula is C9H17NO. The molecule has 0 amide bonds. The van der Waals surface area contributed by atoms with Crippen LogP contribution in [-0.2, 0) is 0 Å². The Balaban J connectivity index is 4.63. The molecule has 2 heteroatoms. The van der Waals surface area contributed by atoms with Crippen molar-refractivity contribution < 1.29 is 5.11 Å². The predicted molar refractivity (Wildman–Crippen MR) is 48.2 cm³/mol. The topological polar surface area (TPSA) is 44.1 Å². The Kier molecular flexibility index (Phi) is 3.86. The molecule has 2 nitrogen and oxygen atoms in total. The van der Waals surface area contributed by atoms with E-state index in [-0.39, 0.29) is 11.7 Å². The summed E-state index contributed by atoms with van der Waals surface area (Å²) in [5.74, 6) is 0.573. The number of hydrogen-bond acceptors (Lipinski definition) is 2. The molecule has 1 unspecified atom stereocenters. The summed E-state index contributed by atoms with van der Waals surface area (Å²) in [5, 5.41) is 16.6. The minimum Gasteiger partial charge on any atom is -0.512 e. The third-order valence-electron chi connectivity index (χ3n) is 1.90. The lowest BCUT2D eigenvalue weighted by atomic mass is 9.94. The van der Waals surface area contributed by atoms with E-state index in [2.05, 4.69) is 6.92 Å². The van der Waals surface area contributed by atoms with Crippen molar-refractivity contribution in [3.63, 3.8) is 0 Å². The van der Waals surface area contributed by atoms with Crippen LogP contribution >= 0.6 is 0 Å². The fourth-order valence-corrected chi connectivity index (χ4v) is 1.20. The second-order valence-electron chi connectivity index (χ2n) is 2.93. The number of hydrogen-bond donors (Lipinski definition) is 2. The van der Waals surface area contributed by atoms with Crippen LogP contribution in [0.5, 0.6) is 0 Å². The molecule has 0 aromatic carbocycles. The van der Waals surface area contributed by atoms with Gasteiger partial charge in [0.2, 0.25) is 0 Å². The van der Waals surface area contributed by atoms with Gasteiger partial charge in [-0.2, -0.15) is 0 Å². The third-order valence-corrected chi connectivity index (χ3v) is 1.90. The lowest BCUT2D eigenvalue weighted by Crippen LogP contribution is -2.08. The molecule has 0 aliphatic heterocycles. The molecule has 0 rings (SSSR count). The number of allylic oxidation sites excluding steroid dienone is 2. The summed E-state index contributed by atoms with van der Waals surface area (Å²) < 4.78 is 0. The van der Waals surface area contributed by atoms with Crippen LogP contribution in [0.3, 0.4) is 0 Å². The Hall–Kier alpha value is -0.790. The predicted octanol–water partition coefficient (Wildman–Crippen LogP) is 2.90. The molecule has 0 saturated heterocycles. The molecule has 0 aromatic heterocycles. The standard InChI is InChI=1S/C9H17NO/c1-5-6(2)9(7(3)10)8(4)11/h6,10-11H,5H2,1-4H3/b9-8-,10-7?. The maximum Gasteiger partial charge on any atom is 0.0944 e. The van der Waals surface area contributed by atoms with Gasteiger partial charge in [0.25, 0.3) is 0 Å². The van der Waals surface area contributed by atoms with Gasteiger partial charge in [-0.05, 0) is 26.2 Å². The Bertz CT molecular complexity index is 178. The van der Waals surface area contributed by atoms with E-state index in [9.17, 15) is 5.11 Å². The number of nitrogens with one attached hydrogen (secondary N) is 1. The van der Waals surface area contributed by atoms with E-state index < -0.39 is 0 Å². The van der Waals surface area contributed by atoms with Gasteiger partial charge < -0.3 is 10.5 Å². The highest BCUT2D eigenvalue weighted by Gasteiger charge is 2.11. The molecule has 0 aliphatic rings. The van der Waals surface area contributed by atoms with Crippen LogP contribution in [0, 0.1) is 11.3 Å². The first-order chi connectivity index (χ1) is 5.00. The van der Waals surface area contributed by atoms with Crippen LogP contribution in [-0.4, -0.2) is 10.8 Å². The fourth-order valence-electron chi connectivity index (χ4n) is 1.20. The Morgan fingerprint density at radius 2 is 1.91 bits per heavy atom. The van der Waals surface area contributed by atoms with E-state index in [0.717, 1.165) is 12.0 Å². The van der Waals surface area contributed by atoms with E-state index in [1.807, 2.05) is 6.92 Å². The van der Waals surface area contributed by atoms with E-state index in [1.54, 1.807) is 13.8 Å². The van der Waals surface area contributed by atoms with E-state index in [4.69, 9.17) is 5.41 Å².